The molecule has 0 aliphatic rings. The normalized spacial score (nSPS) is 12.6. The van der Waals surface area contributed by atoms with Crippen LogP contribution < -0.4 is 0 Å². The van der Waals surface area contributed by atoms with Crippen LogP contribution in [0.15, 0.2) is 24.3 Å². The molecule has 2 heteroatoms. The van der Waals surface area contributed by atoms with E-state index in [4.69, 9.17) is 16.3 Å². The van der Waals surface area contributed by atoms with Crippen LogP contribution in [0.2, 0.25) is 0 Å². The van der Waals surface area contributed by atoms with E-state index >= 15 is 0 Å². The van der Waals surface area contributed by atoms with Crippen molar-refractivity contribution in [3.05, 3.63) is 35.4 Å². The molecule has 1 aromatic rings. The summed E-state index contributed by atoms with van der Waals surface area (Å²) >= 11 is 6.42. The molecule has 0 saturated heterocycles. The topological polar surface area (TPSA) is 9.23 Å². The van der Waals surface area contributed by atoms with Crippen molar-refractivity contribution in [3.63, 3.8) is 0 Å². The van der Waals surface area contributed by atoms with Gasteiger partial charge >= 0.3 is 0 Å². The second kappa shape index (κ2) is 9.41. The lowest BCUT2D eigenvalue weighted by Gasteiger charge is -2.10. The van der Waals surface area contributed by atoms with E-state index in [-0.39, 0.29) is 5.38 Å². The highest BCUT2D eigenvalue weighted by molar-refractivity contribution is 6.20. The van der Waals surface area contributed by atoms with Crippen molar-refractivity contribution >= 4 is 11.6 Å². The van der Waals surface area contributed by atoms with Gasteiger partial charge in [0, 0.05) is 7.11 Å². The van der Waals surface area contributed by atoms with Crippen molar-refractivity contribution in [3.8, 4) is 0 Å². The zero-order chi connectivity index (χ0) is 13.2. The first-order valence-electron chi connectivity index (χ1n) is 6.99. The lowest BCUT2D eigenvalue weighted by Crippen LogP contribution is -1.96. The van der Waals surface area contributed by atoms with Crippen LogP contribution in [0.5, 0.6) is 0 Å². The van der Waals surface area contributed by atoms with Crippen LogP contribution in [0, 0.1) is 0 Å². The Kier molecular flexibility index (Phi) is 8.11. The smallest absolute Gasteiger partial charge is 0.0585 e. The monoisotopic (exact) mass is 268 g/mol. The van der Waals surface area contributed by atoms with Crippen molar-refractivity contribution in [2.75, 3.05) is 13.7 Å². The fourth-order valence-electron chi connectivity index (χ4n) is 2.03. The Bertz CT molecular complexity index is 307. The summed E-state index contributed by atoms with van der Waals surface area (Å²) in [6.45, 7) is 3.01. The van der Waals surface area contributed by atoms with Crippen molar-refractivity contribution in [2.45, 2.75) is 50.8 Å². The molecule has 0 saturated carbocycles. The van der Waals surface area contributed by atoms with Crippen LogP contribution >= 0.6 is 11.6 Å². The molecule has 1 rings (SSSR count). The first-order valence-corrected chi connectivity index (χ1v) is 7.43. The summed E-state index contributed by atoms with van der Waals surface area (Å²) < 4.78 is 5.07. The van der Waals surface area contributed by atoms with Gasteiger partial charge in [-0.1, -0.05) is 56.9 Å². The zero-order valence-electron chi connectivity index (χ0n) is 11.6. The maximum atomic E-state index is 6.42. The van der Waals surface area contributed by atoms with Gasteiger partial charge in [0.25, 0.3) is 0 Å². The minimum Gasteiger partial charge on any atom is -0.384 e. The molecule has 102 valence electrons. The van der Waals surface area contributed by atoms with Crippen molar-refractivity contribution < 1.29 is 4.74 Å². The van der Waals surface area contributed by atoms with E-state index in [1.807, 2.05) is 0 Å². The number of halogens is 1. The molecule has 18 heavy (non-hydrogen) atoms. The summed E-state index contributed by atoms with van der Waals surface area (Å²) in [7, 11) is 1.74. The van der Waals surface area contributed by atoms with Crippen molar-refractivity contribution in [2.24, 2.45) is 0 Å². The number of rotatable bonds is 9. The largest absolute Gasteiger partial charge is 0.384 e. The SMILES string of the molecule is CCCCCCC(Cl)c1ccc(CCOC)cc1. The van der Waals surface area contributed by atoms with E-state index in [1.54, 1.807) is 7.11 Å². The first kappa shape index (κ1) is 15.5. The van der Waals surface area contributed by atoms with Crippen LogP contribution in [0.1, 0.15) is 55.5 Å². The number of hydrogen-bond acceptors (Lipinski definition) is 1. The summed E-state index contributed by atoms with van der Waals surface area (Å²) in [5.74, 6) is 0. The maximum absolute atomic E-state index is 6.42. The Morgan fingerprint density at radius 3 is 2.44 bits per heavy atom. The number of hydrogen-bond donors (Lipinski definition) is 0. The molecule has 0 amide bonds. The quantitative estimate of drug-likeness (QED) is 0.446. The zero-order valence-corrected chi connectivity index (χ0v) is 12.4. The Morgan fingerprint density at radius 1 is 1.11 bits per heavy atom. The third-order valence-corrected chi connectivity index (χ3v) is 3.72. The van der Waals surface area contributed by atoms with Crippen molar-refractivity contribution in [1.29, 1.82) is 0 Å². The van der Waals surface area contributed by atoms with E-state index < -0.39 is 0 Å². The molecular formula is C16H25ClO. The molecule has 1 unspecified atom stereocenters. The Labute approximate surface area is 116 Å². The van der Waals surface area contributed by atoms with E-state index in [0.29, 0.717) is 0 Å². The van der Waals surface area contributed by atoms with Crippen LogP contribution in [0.4, 0.5) is 0 Å². The van der Waals surface area contributed by atoms with Gasteiger partial charge in [-0.2, -0.15) is 0 Å². The fourth-order valence-corrected chi connectivity index (χ4v) is 2.33. The Hall–Kier alpha value is -0.530. The average molecular weight is 269 g/mol. The minimum atomic E-state index is 0.165. The second-order valence-corrected chi connectivity index (χ2v) is 5.33. The molecule has 0 heterocycles. The van der Waals surface area contributed by atoms with Crippen LogP contribution in [-0.2, 0) is 11.2 Å². The number of benzene rings is 1. The molecule has 0 spiro atoms. The molecular weight excluding hydrogens is 244 g/mol. The highest BCUT2D eigenvalue weighted by Gasteiger charge is 2.07. The van der Waals surface area contributed by atoms with E-state index in [0.717, 1.165) is 19.4 Å². The van der Waals surface area contributed by atoms with Crippen LogP contribution in [0.25, 0.3) is 0 Å². The van der Waals surface area contributed by atoms with Gasteiger partial charge in [-0.3, -0.25) is 0 Å². The number of methoxy groups -OCH3 is 1. The van der Waals surface area contributed by atoms with E-state index in [2.05, 4.69) is 31.2 Å². The Morgan fingerprint density at radius 2 is 1.83 bits per heavy atom. The minimum absolute atomic E-state index is 0.165. The lowest BCUT2D eigenvalue weighted by atomic mass is 10.0. The first-order chi connectivity index (χ1) is 8.77. The van der Waals surface area contributed by atoms with E-state index in [1.165, 1.54) is 36.8 Å². The molecule has 1 aromatic carbocycles. The van der Waals surface area contributed by atoms with Gasteiger partial charge in [-0.25, -0.2) is 0 Å². The fraction of sp³-hybridized carbons (Fsp3) is 0.625. The molecule has 0 aromatic heterocycles. The van der Waals surface area contributed by atoms with Gasteiger partial charge in [-0.15, -0.1) is 11.6 Å². The number of ether oxygens (including phenoxy) is 1. The van der Waals surface area contributed by atoms with Gasteiger partial charge < -0.3 is 4.74 Å². The lowest BCUT2D eigenvalue weighted by molar-refractivity contribution is 0.202. The third-order valence-electron chi connectivity index (χ3n) is 3.25. The van der Waals surface area contributed by atoms with Gasteiger partial charge in [0.15, 0.2) is 0 Å². The molecule has 0 aliphatic heterocycles. The molecule has 0 radical (unpaired) electrons. The summed E-state index contributed by atoms with van der Waals surface area (Å²) in [5.41, 5.74) is 2.56. The van der Waals surface area contributed by atoms with E-state index in [9.17, 15) is 0 Å². The van der Waals surface area contributed by atoms with Gasteiger partial charge in [0.05, 0.1) is 12.0 Å². The number of alkyl halides is 1. The molecule has 0 bridgehead atoms. The standard InChI is InChI=1S/C16H25ClO/c1-3-4-5-6-7-16(17)15-10-8-14(9-11-15)12-13-18-2/h8-11,16H,3-7,12-13H2,1-2H3. The maximum Gasteiger partial charge on any atom is 0.0585 e. The molecule has 0 fully saturated rings. The van der Waals surface area contributed by atoms with Gasteiger partial charge in [-0.05, 0) is 24.0 Å². The molecule has 0 aliphatic carbocycles. The number of unbranched alkanes of at least 4 members (excludes halogenated alkanes) is 3. The third kappa shape index (κ3) is 5.88. The Balaban J connectivity index is 2.36. The highest BCUT2D eigenvalue weighted by atomic mass is 35.5. The highest BCUT2D eigenvalue weighted by Crippen LogP contribution is 2.26. The van der Waals surface area contributed by atoms with Gasteiger partial charge in [0.2, 0.25) is 0 Å². The summed E-state index contributed by atoms with van der Waals surface area (Å²) in [6.07, 6.45) is 7.18. The van der Waals surface area contributed by atoms with Crippen LogP contribution in [-0.4, -0.2) is 13.7 Å². The van der Waals surface area contributed by atoms with Gasteiger partial charge in [0.1, 0.15) is 0 Å². The average Bonchev–Trinajstić information content (AvgIpc) is 2.41. The van der Waals surface area contributed by atoms with Crippen molar-refractivity contribution in [1.82, 2.24) is 0 Å². The second-order valence-electron chi connectivity index (χ2n) is 4.80. The van der Waals surface area contributed by atoms with Crippen LogP contribution in [0.3, 0.4) is 0 Å². The predicted molar refractivity (Wildman–Crippen MR) is 79.4 cm³/mol. The summed E-state index contributed by atoms with van der Waals surface area (Å²) in [4.78, 5) is 0. The summed E-state index contributed by atoms with van der Waals surface area (Å²) in [5, 5.41) is 0.165. The summed E-state index contributed by atoms with van der Waals surface area (Å²) in [6, 6.07) is 8.64. The molecule has 1 nitrogen and oxygen atoms in total. The molecule has 1 atom stereocenters. The predicted octanol–water partition coefficient (Wildman–Crippen LogP) is 5.13. The molecule has 0 N–H and O–H groups in total.